The normalized spacial score (nSPS) is 13.0. The van der Waals surface area contributed by atoms with Crippen molar-refractivity contribution in [1.29, 1.82) is 0 Å². The number of benzene rings is 2. The molecule has 0 aliphatic carbocycles. The van der Waals surface area contributed by atoms with Gasteiger partial charge in [-0.15, -0.1) is 0 Å². The maximum Gasteiger partial charge on any atom is 0.198 e. The number of aromatic amines is 1. The number of hydrogen-bond donors (Lipinski definition) is 2. The van der Waals surface area contributed by atoms with Gasteiger partial charge in [0.1, 0.15) is 0 Å². The molecule has 1 atom stereocenters. The fourth-order valence-electron chi connectivity index (χ4n) is 2.47. The molecule has 2 N–H and O–H groups in total. The number of nitrogens with zero attached hydrogens (tertiary/aromatic N) is 1. The number of hydrogen-bond acceptors (Lipinski definition) is 2. The SMILES string of the molecule is C[C@H](CN=Cc1c(O)[nH]c2ccccc12)c1ccccc1. The molecular formula is C18H18N2O. The van der Waals surface area contributed by atoms with E-state index in [0.717, 1.165) is 16.5 Å². The maximum absolute atomic E-state index is 9.97. The van der Waals surface area contributed by atoms with Crippen molar-refractivity contribution in [3.63, 3.8) is 0 Å². The summed E-state index contributed by atoms with van der Waals surface area (Å²) < 4.78 is 0. The minimum atomic E-state index is 0.173. The first-order valence-electron chi connectivity index (χ1n) is 7.10. The molecule has 3 nitrogen and oxygen atoms in total. The van der Waals surface area contributed by atoms with Gasteiger partial charge in [-0.2, -0.15) is 0 Å². The molecular weight excluding hydrogens is 260 g/mol. The molecule has 3 rings (SSSR count). The van der Waals surface area contributed by atoms with Crippen LogP contribution in [0.25, 0.3) is 10.9 Å². The summed E-state index contributed by atoms with van der Waals surface area (Å²) in [6, 6.07) is 18.2. The van der Waals surface area contributed by atoms with E-state index in [1.165, 1.54) is 5.56 Å². The number of para-hydroxylation sites is 1. The molecule has 0 saturated heterocycles. The van der Waals surface area contributed by atoms with Crippen molar-refractivity contribution in [2.45, 2.75) is 12.8 Å². The zero-order valence-corrected chi connectivity index (χ0v) is 12.0. The molecule has 1 heterocycles. The maximum atomic E-state index is 9.97. The topological polar surface area (TPSA) is 48.4 Å². The molecule has 0 aliphatic rings. The molecule has 2 aromatic carbocycles. The summed E-state index contributed by atoms with van der Waals surface area (Å²) in [5.74, 6) is 0.530. The van der Waals surface area contributed by atoms with E-state index in [9.17, 15) is 5.11 Å². The van der Waals surface area contributed by atoms with E-state index in [-0.39, 0.29) is 5.88 Å². The Morgan fingerprint density at radius 2 is 1.81 bits per heavy atom. The van der Waals surface area contributed by atoms with Crippen molar-refractivity contribution < 1.29 is 5.11 Å². The second-order valence-corrected chi connectivity index (χ2v) is 5.24. The number of aromatic hydroxyl groups is 1. The van der Waals surface area contributed by atoms with Crippen LogP contribution in [-0.2, 0) is 0 Å². The zero-order chi connectivity index (χ0) is 14.7. The summed E-state index contributed by atoms with van der Waals surface area (Å²) in [6.45, 7) is 2.85. The first-order chi connectivity index (χ1) is 10.3. The van der Waals surface area contributed by atoms with E-state index in [1.54, 1.807) is 6.21 Å². The van der Waals surface area contributed by atoms with E-state index >= 15 is 0 Å². The van der Waals surface area contributed by atoms with Gasteiger partial charge in [0.05, 0.1) is 5.56 Å². The lowest BCUT2D eigenvalue weighted by Crippen LogP contribution is -1.97. The van der Waals surface area contributed by atoms with E-state index in [1.807, 2.05) is 42.5 Å². The average Bonchev–Trinajstić information content (AvgIpc) is 2.84. The average molecular weight is 278 g/mol. The molecule has 3 aromatic rings. The minimum absolute atomic E-state index is 0.173. The molecule has 106 valence electrons. The summed E-state index contributed by atoms with van der Waals surface area (Å²) in [7, 11) is 0. The molecule has 21 heavy (non-hydrogen) atoms. The van der Waals surface area contributed by atoms with Gasteiger partial charge in [-0.3, -0.25) is 4.99 Å². The Hall–Kier alpha value is -2.55. The van der Waals surface area contributed by atoms with E-state index in [0.29, 0.717) is 12.5 Å². The Balaban J connectivity index is 1.78. The summed E-state index contributed by atoms with van der Waals surface area (Å²) in [5.41, 5.74) is 2.95. The number of rotatable bonds is 4. The molecule has 0 amide bonds. The molecule has 0 unspecified atom stereocenters. The van der Waals surface area contributed by atoms with Crippen molar-refractivity contribution in [3.05, 3.63) is 65.7 Å². The van der Waals surface area contributed by atoms with Crippen LogP contribution >= 0.6 is 0 Å². The summed E-state index contributed by atoms with van der Waals surface area (Å²) in [6.07, 6.45) is 1.76. The fraction of sp³-hybridized carbons (Fsp3) is 0.167. The molecule has 0 aliphatic heterocycles. The van der Waals surface area contributed by atoms with E-state index < -0.39 is 0 Å². The molecule has 0 radical (unpaired) electrons. The second kappa shape index (κ2) is 5.83. The van der Waals surface area contributed by atoms with Crippen LogP contribution in [0.15, 0.2) is 59.6 Å². The summed E-state index contributed by atoms with van der Waals surface area (Å²) in [4.78, 5) is 7.46. The van der Waals surface area contributed by atoms with Gasteiger partial charge in [-0.1, -0.05) is 55.5 Å². The Labute approximate surface area is 124 Å². The molecule has 0 fully saturated rings. The van der Waals surface area contributed by atoms with E-state index in [2.05, 4.69) is 29.0 Å². The smallest absolute Gasteiger partial charge is 0.198 e. The van der Waals surface area contributed by atoms with Crippen LogP contribution in [0, 0.1) is 0 Å². The third kappa shape index (κ3) is 2.82. The highest BCUT2D eigenvalue weighted by Crippen LogP contribution is 2.25. The molecule has 0 saturated carbocycles. The molecule has 1 aromatic heterocycles. The van der Waals surface area contributed by atoms with Gasteiger partial charge in [0.2, 0.25) is 0 Å². The lowest BCUT2D eigenvalue weighted by molar-refractivity contribution is 0.457. The first kappa shape index (κ1) is 13.4. The van der Waals surface area contributed by atoms with Gasteiger partial charge in [0.25, 0.3) is 0 Å². The van der Waals surface area contributed by atoms with Crippen LogP contribution < -0.4 is 0 Å². The number of aliphatic imine (C=N–C) groups is 1. The van der Waals surface area contributed by atoms with Crippen LogP contribution in [0.2, 0.25) is 0 Å². The van der Waals surface area contributed by atoms with Crippen molar-refractivity contribution in [2.24, 2.45) is 4.99 Å². The number of H-pyrrole nitrogens is 1. The Morgan fingerprint density at radius 1 is 1.10 bits per heavy atom. The van der Waals surface area contributed by atoms with Crippen LogP contribution in [-0.4, -0.2) is 22.8 Å². The van der Waals surface area contributed by atoms with Gasteiger partial charge in [-0.25, -0.2) is 0 Å². The summed E-state index contributed by atoms with van der Waals surface area (Å²) in [5, 5.41) is 11.0. The number of nitrogens with one attached hydrogen (secondary N) is 1. The zero-order valence-electron chi connectivity index (χ0n) is 12.0. The highest BCUT2D eigenvalue weighted by Gasteiger charge is 2.08. The van der Waals surface area contributed by atoms with Gasteiger partial charge < -0.3 is 10.1 Å². The monoisotopic (exact) mass is 278 g/mol. The highest BCUT2D eigenvalue weighted by atomic mass is 16.3. The third-order valence-electron chi connectivity index (χ3n) is 3.69. The predicted octanol–water partition coefficient (Wildman–Crippen LogP) is 4.10. The van der Waals surface area contributed by atoms with E-state index in [4.69, 9.17) is 0 Å². The van der Waals surface area contributed by atoms with Gasteiger partial charge in [0, 0.05) is 29.6 Å². The molecule has 0 spiro atoms. The largest absolute Gasteiger partial charge is 0.494 e. The second-order valence-electron chi connectivity index (χ2n) is 5.24. The first-order valence-corrected chi connectivity index (χ1v) is 7.10. The Kier molecular flexibility index (Phi) is 3.73. The fourth-order valence-corrected chi connectivity index (χ4v) is 2.47. The lowest BCUT2D eigenvalue weighted by Gasteiger charge is -2.07. The van der Waals surface area contributed by atoms with Crippen molar-refractivity contribution in [3.8, 4) is 5.88 Å². The van der Waals surface area contributed by atoms with Crippen LogP contribution in [0.4, 0.5) is 0 Å². The van der Waals surface area contributed by atoms with Gasteiger partial charge >= 0.3 is 0 Å². The van der Waals surface area contributed by atoms with Crippen molar-refractivity contribution in [2.75, 3.05) is 6.54 Å². The standard InChI is InChI=1S/C18H18N2O/c1-13(14-7-3-2-4-8-14)11-19-12-16-15-9-5-6-10-17(15)20-18(16)21/h2-10,12-13,20-21H,11H2,1H3/t13-/m1/s1. The van der Waals surface area contributed by atoms with Crippen molar-refractivity contribution >= 4 is 17.1 Å². The molecule has 3 heteroatoms. The highest BCUT2D eigenvalue weighted by molar-refractivity contribution is 6.01. The van der Waals surface area contributed by atoms with Crippen LogP contribution in [0.3, 0.4) is 0 Å². The quantitative estimate of drug-likeness (QED) is 0.694. The number of aromatic nitrogens is 1. The minimum Gasteiger partial charge on any atom is -0.494 e. The Bertz CT molecular complexity index is 759. The molecule has 0 bridgehead atoms. The predicted molar refractivity (Wildman–Crippen MR) is 87.3 cm³/mol. The van der Waals surface area contributed by atoms with Crippen LogP contribution in [0.1, 0.15) is 24.0 Å². The number of fused-ring (bicyclic) bond motifs is 1. The lowest BCUT2D eigenvalue weighted by atomic mass is 10.0. The van der Waals surface area contributed by atoms with Crippen molar-refractivity contribution in [1.82, 2.24) is 4.98 Å². The Morgan fingerprint density at radius 3 is 2.62 bits per heavy atom. The summed E-state index contributed by atoms with van der Waals surface area (Å²) >= 11 is 0. The van der Waals surface area contributed by atoms with Gasteiger partial charge in [-0.05, 0) is 11.6 Å². The van der Waals surface area contributed by atoms with Crippen LogP contribution in [0.5, 0.6) is 5.88 Å². The van der Waals surface area contributed by atoms with Gasteiger partial charge in [0.15, 0.2) is 5.88 Å². The third-order valence-corrected chi connectivity index (χ3v) is 3.69.